The molecular formula is C82H61N5. The number of hydrogen-bond donors (Lipinski definition) is 1. The molecule has 0 fully saturated rings. The van der Waals surface area contributed by atoms with E-state index < -0.39 is 0 Å². The third-order valence-electron chi connectivity index (χ3n) is 18.1. The molecule has 0 saturated heterocycles. The first kappa shape index (κ1) is 51.5. The molecule has 0 spiro atoms. The van der Waals surface area contributed by atoms with Gasteiger partial charge in [0.05, 0.1) is 33.6 Å². The molecule has 87 heavy (non-hydrogen) atoms. The number of hydrogen-bond acceptors (Lipinski definition) is 3. The topological polar surface area (TPSA) is 28.4 Å². The minimum absolute atomic E-state index is 0.408. The van der Waals surface area contributed by atoms with Gasteiger partial charge >= 0.3 is 0 Å². The Morgan fingerprint density at radius 2 is 1.03 bits per heavy atom. The first-order chi connectivity index (χ1) is 43.0. The van der Waals surface area contributed by atoms with Gasteiger partial charge in [-0.3, -0.25) is 0 Å². The summed E-state index contributed by atoms with van der Waals surface area (Å²) in [6.45, 7) is 10.7. The van der Waals surface area contributed by atoms with E-state index in [1.165, 1.54) is 76.6 Å². The van der Waals surface area contributed by atoms with Crippen molar-refractivity contribution in [2.45, 2.75) is 13.0 Å². The van der Waals surface area contributed by atoms with Crippen molar-refractivity contribution in [2.24, 2.45) is 0 Å². The molecule has 5 heteroatoms. The summed E-state index contributed by atoms with van der Waals surface area (Å²) in [5.41, 5.74) is 19.0. The van der Waals surface area contributed by atoms with E-state index in [0.29, 0.717) is 13.2 Å². The monoisotopic (exact) mass is 1120 g/mol. The minimum Gasteiger partial charge on any atom is -0.374 e. The third-order valence-corrected chi connectivity index (χ3v) is 18.1. The van der Waals surface area contributed by atoms with E-state index in [4.69, 9.17) is 13.2 Å². The molecule has 0 bridgehead atoms. The number of benzene rings is 12. The number of anilines is 3. The van der Waals surface area contributed by atoms with Crippen molar-refractivity contribution in [3.05, 3.63) is 326 Å². The first-order valence-corrected chi connectivity index (χ1v) is 30.1. The molecule has 0 atom stereocenters. The summed E-state index contributed by atoms with van der Waals surface area (Å²) in [7, 11) is 2.07. The predicted octanol–water partition coefficient (Wildman–Crippen LogP) is 20.6. The zero-order valence-corrected chi connectivity index (χ0v) is 48.5. The summed E-state index contributed by atoms with van der Waals surface area (Å²) in [5.74, 6) is 0.909. The van der Waals surface area contributed by atoms with E-state index in [1.807, 2.05) is 0 Å². The van der Waals surface area contributed by atoms with Crippen LogP contribution in [0.1, 0.15) is 27.8 Å². The normalized spacial score (nSPS) is 14.2. The molecule has 5 nitrogen and oxygen atoms in total. The van der Waals surface area contributed by atoms with Crippen LogP contribution in [0.2, 0.25) is 0 Å². The van der Waals surface area contributed by atoms with Crippen molar-refractivity contribution in [3.8, 4) is 16.9 Å². The number of allylic oxidation sites excluding steroid dienone is 8. The molecule has 0 unspecified atom stereocenters. The highest BCUT2D eigenvalue weighted by molar-refractivity contribution is 6.25. The SMILES string of the molecule is C=C1/C=C\C(=C)c2c(c3ccccc3c3ccccc23)N(/C(=C/C(=C\Cn2c3c4ccccc4ccc3c3ccc4c5c(n(-c6ccccc6)c4c32)-c2ccccc2CC=C5)c2ccccc2)NC)CN(c2ccccc2)c2c1ccc1ccccc21. The van der Waals surface area contributed by atoms with Crippen molar-refractivity contribution in [3.63, 3.8) is 0 Å². The molecule has 1 aliphatic carbocycles. The van der Waals surface area contributed by atoms with Crippen molar-refractivity contribution >= 4 is 116 Å². The fourth-order valence-corrected chi connectivity index (χ4v) is 14.2. The standard InChI is InChI=1S/C82H61N5/c1-54-42-43-55(2)76-69-39-21-19-37-67(69)68-38-20-22-40-70(68)80(76)86(53-85(61-30-9-5-10-31-61)77-63(54)46-44-58-27-14-16-34-64(58)77)75(83-3)52-60(56-24-7-4-8-25-56)50-51-84-78-65-35-17-15-28-59(65)45-47-72(78)73-48-49-74-71-41-23-29-57-26-13-18-36-66(57)79(71)87(82(74)81(73)84)62-32-11-6-12-33-62/h4-28,30-50,52,83H,1-2,29,51,53H2,3H3/b43-42-,60-50+,75-52+. The smallest absolute Gasteiger partial charge is 0.108 e. The van der Waals surface area contributed by atoms with Gasteiger partial charge in [-0.2, -0.15) is 0 Å². The Bertz CT molecular complexity index is 5260. The van der Waals surface area contributed by atoms with Crippen LogP contribution in [-0.2, 0) is 13.0 Å². The molecule has 0 saturated carbocycles. The first-order valence-electron chi connectivity index (χ1n) is 30.1. The van der Waals surface area contributed by atoms with Crippen LogP contribution in [-0.4, -0.2) is 22.9 Å². The average Bonchev–Trinajstić information content (AvgIpc) is 1.62. The van der Waals surface area contributed by atoms with Crippen LogP contribution in [0, 0.1) is 0 Å². The molecule has 1 N–H and O–H groups in total. The zero-order chi connectivity index (χ0) is 58.1. The van der Waals surface area contributed by atoms with Gasteiger partial charge in [0, 0.05) is 79.5 Å². The summed E-state index contributed by atoms with van der Waals surface area (Å²) in [6.07, 6.45) is 14.7. The lowest BCUT2D eigenvalue weighted by atomic mass is 9.90. The van der Waals surface area contributed by atoms with Crippen molar-refractivity contribution in [1.29, 1.82) is 0 Å². The van der Waals surface area contributed by atoms with Gasteiger partial charge < -0.3 is 24.3 Å². The van der Waals surface area contributed by atoms with E-state index in [0.717, 1.165) is 89.9 Å². The zero-order valence-electron chi connectivity index (χ0n) is 48.5. The number of fused-ring (bicyclic) bond motifs is 20. The Morgan fingerprint density at radius 1 is 0.460 bits per heavy atom. The van der Waals surface area contributed by atoms with Gasteiger partial charge in [-0.1, -0.05) is 268 Å². The molecule has 16 rings (SSSR count). The quantitative estimate of drug-likeness (QED) is 0.121. The van der Waals surface area contributed by atoms with E-state index in [9.17, 15) is 0 Å². The lowest BCUT2D eigenvalue weighted by Gasteiger charge is -2.38. The minimum atomic E-state index is 0.408. The van der Waals surface area contributed by atoms with Crippen molar-refractivity contribution in [2.75, 3.05) is 23.5 Å². The lowest BCUT2D eigenvalue weighted by Crippen LogP contribution is -2.39. The molecule has 14 aromatic rings. The van der Waals surface area contributed by atoms with Gasteiger partial charge in [-0.25, -0.2) is 0 Å². The van der Waals surface area contributed by atoms with Crippen molar-refractivity contribution < 1.29 is 0 Å². The van der Waals surface area contributed by atoms with E-state index in [-0.39, 0.29) is 0 Å². The average molecular weight is 1120 g/mol. The number of para-hydroxylation sites is 2. The van der Waals surface area contributed by atoms with E-state index in [1.54, 1.807) is 0 Å². The van der Waals surface area contributed by atoms with Crippen LogP contribution in [0.5, 0.6) is 0 Å². The lowest BCUT2D eigenvalue weighted by molar-refractivity contribution is 0.813. The fourth-order valence-electron chi connectivity index (χ4n) is 14.2. The maximum Gasteiger partial charge on any atom is 0.108 e. The van der Waals surface area contributed by atoms with Gasteiger partial charge in [0.25, 0.3) is 0 Å². The molecular weight excluding hydrogens is 1050 g/mol. The molecule has 12 aromatic carbocycles. The summed E-state index contributed by atoms with van der Waals surface area (Å²) in [5, 5.41) is 16.9. The maximum atomic E-state index is 4.95. The Balaban J connectivity index is 0.994. The number of nitrogens with one attached hydrogen (secondary N) is 1. The molecule has 0 amide bonds. The molecule has 3 heterocycles. The van der Waals surface area contributed by atoms with Crippen LogP contribution in [0.15, 0.2) is 298 Å². The number of nitrogens with zero attached hydrogens (tertiary/aromatic N) is 4. The Hall–Kier alpha value is -11.1. The highest BCUT2D eigenvalue weighted by Crippen LogP contribution is 2.49. The second-order valence-corrected chi connectivity index (χ2v) is 22.9. The number of aromatic nitrogens is 2. The van der Waals surface area contributed by atoms with Crippen LogP contribution in [0.3, 0.4) is 0 Å². The van der Waals surface area contributed by atoms with E-state index >= 15 is 0 Å². The molecule has 2 aromatic heterocycles. The summed E-state index contributed by atoms with van der Waals surface area (Å²) >= 11 is 0. The summed E-state index contributed by atoms with van der Waals surface area (Å²) in [6, 6.07) is 90.9. The largest absolute Gasteiger partial charge is 0.374 e. The third kappa shape index (κ3) is 8.45. The van der Waals surface area contributed by atoms with Gasteiger partial charge in [0.1, 0.15) is 12.5 Å². The molecule has 1 aliphatic heterocycles. The number of rotatable bonds is 8. The molecule has 414 valence electrons. The fraction of sp³-hybridized carbons (Fsp3) is 0.0488. The second kappa shape index (κ2) is 21.2. The summed E-state index contributed by atoms with van der Waals surface area (Å²) in [4.78, 5) is 5.00. The van der Waals surface area contributed by atoms with Crippen LogP contribution in [0.4, 0.5) is 17.1 Å². The van der Waals surface area contributed by atoms with Gasteiger partial charge in [-0.15, -0.1) is 0 Å². The highest BCUT2D eigenvalue weighted by Gasteiger charge is 2.30. The summed E-state index contributed by atoms with van der Waals surface area (Å²) < 4.78 is 5.17. The molecule has 2 aliphatic rings. The van der Waals surface area contributed by atoms with Gasteiger partial charge in [0.2, 0.25) is 0 Å². The Labute approximate surface area is 506 Å². The predicted molar refractivity (Wildman–Crippen MR) is 372 cm³/mol. The van der Waals surface area contributed by atoms with Crippen LogP contribution >= 0.6 is 0 Å². The maximum absolute atomic E-state index is 4.95. The molecule has 0 radical (unpaired) electrons. The second-order valence-electron chi connectivity index (χ2n) is 22.9. The van der Waals surface area contributed by atoms with Crippen molar-refractivity contribution in [1.82, 2.24) is 14.5 Å². The van der Waals surface area contributed by atoms with Gasteiger partial charge in [0.15, 0.2) is 0 Å². The Kier molecular flexibility index (Phi) is 12.5. The van der Waals surface area contributed by atoms with Crippen LogP contribution < -0.4 is 15.1 Å². The van der Waals surface area contributed by atoms with E-state index in [2.05, 4.69) is 316 Å². The van der Waals surface area contributed by atoms with Crippen LogP contribution in [0.25, 0.3) is 116 Å². The Morgan fingerprint density at radius 3 is 1.79 bits per heavy atom. The highest BCUT2D eigenvalue weighted by atomic mass is 15.4. The van der Waals surface area contributed by atoms with Gasteiger partial charge in [-0.05, 0) is 91.5 Å².